The standard InChI is InChI=1S/C19H24F2N2O3/c1-12(4-6-15-3-2-8-26-15)22-19(25)13-9-18(24)23(11-13)17-7-5-14(20)10-16(17)21/h5,7,10,12-13,15H,2-4,6,8-9,11H2,1H3,(H,22,25). The summed E-state index contributed by atoms with van der Waals surface area (Å²) in [5.74, 6) is -2.57. The number of ether oxygens (including phenoxy) is 1. The number of hydrogen-bond acceptors (Lipinski definition) is 3. The summed E-state index contributed by atoms with van der Waals surface area (Å²) in [6.07, 6.45) is 4.17. The van der Waals surface area contributed by atoms with E-state index in [4.69, 9.17) is 4.74 Å². The van der Waals surface area contributed by atoms with E-state index in [0.29, 0.717) is 0 Å². The van der Waals surface area contributed by atoms with Crippen LogP contribution in [0.1, 0.15) is 39.0 Å². The van der Waals surface area contributed by atoms with E-state index >= 15 is 0 Å². The first-order valence-electron chi connectivity index (χ1n) is 9.11. The van der Waals surface area contributed by atoms with Gasteiger partial charge in [0.2, 0.25) is 11.8 Å². The maximum absolute atomic E-state index is 13.9. The fourth-order valence-electron chi connectivity index (χ4n) is 3.56. The van der Waals surface area contributed by atoms with Gasteiger partial charge in [-0.2, -0.15) is 0 Å². The molecule has 1 aromatic carbocycles. The van der Waals surface area contributed by atoms with Crippen molar-refractivity contribution in [1.29, 1.82) is 0 Å². The van der Waals surface area contributed by atoms with Crippen molar-refractivity contribution in [3.8, 4) is 0 Å². The molecule has 2 aliphatic rings. The molecule has 3 rings (SSSR count). The van der Waals surface area contributed by atoms with E-state index in [-0.39, 0.29) is 42.6 Å². The van der Waals surface area contributed by atoms with Crippen LogP contribution >= 0.6 is 0 Å². The number of hydrogen-bond donors (Lipinski definition) is 1. The molecule has 7 heteroatoms. The van der Waals surface area contributed by atoms with E-state index in [9.17, 15) is 18.4 Å². The molecule has 2 amide bonds. The number of amides is 2. The minimum absolute atomic E-state index is 0.0122. The number of nitrogens with zero attached hydrogens (tertiary/aromatic N) is 1. The van der Waals surface area contributed by atoms with Gasteiger partial charge in [-0.1, -0.05) is 0 Å². The van der Waals surface area contributed by atoms with Crippen molar-refractivity contribution < 1.29 is 23.1 Å². The number of rotatable bonds is 6. The predicted molar refractivity (Wildman–Crippen MR) is 92.6 cm³/mol. The largest absolute Gasteiger partial charge is 0.378 e. The van der Waals surface area contributed by atoms with Crippen molar-refractivity contribution in [2.24, 2.45) is 5.92 Å². The van der Waals surface area contributed by atoms with Crippen LogP contribution in [0.3, 0.4) is 0 Å². The van der Waals surface area contributed by atoms with Gasteiger partial charge in [-0.25, -0.2) is 8.78 Å². The Morgan fingerprint density at radius 1 is 1.42 bits per heavy atom. The summed E-state index contributed by atoms with van der Waals surface area (Å²) in [6.45, 7) is 2.85. The maximum Gasteiger partial charge on any atom is 0.227 e. The second kappa shape index (κ2) is 8.12. The zero-order valence-electron chi connectivity index (χ0n) is 14.8. The predicted octanol–water partition coefficient (Wildman–Crippen LogP) is 2.78. The molecule has 0 aliphatic carbocycles. The van der Waals surface area contributed by atoms with E-state index in [0.717, 1.165) is 44.4 Å². The van der Waals surface area contributed by atoms with E-state index in [1.165, 1.54) is 11.0 Å². The van der Waals surface area contributed by atoms with Crippen LogP contribution in [0.2, 0.25) is 0 Å². The summed E-state index contributed by atoms with van der Waals surface area (Å²) in [5.41, 5.74) is 0.0122. The first-order valence-corrected chi connectivity index (χ1v) is 9.11. The Morgan fingerprint density at radius 2 is 2.23 bits per heavy atom. The lowest BCUT2D eigenvalue weighted by Gasteiger charge is -2.19. The molecular weight excluding hydrogens is 342 g/mol. The highest BCUT2D eigenvalue weighted by Crippen LogP contribution is 2.28. The number of nitrogens with one attached hydrogen (secondary N) is 1. The zero-order valence-corrected chi connectivity index (χ0v) is 14.8. The van der Waals surface area contributed by atoms with Crippen LogP contribution in [-0.2, 0) is 14.3 Å². The Balaban J connectivity index is 1.53. The van der Waals surface area contributed by atoms with Crippen LogP contribution in [0.15, 0.2) is 18.2 Å². The van der Waals surface area contributed by atoms with Gasteiger partial charge in [-0.15, -0.1) is 0 Å². The monoisotopic (exact) mass is 366 g/mol. The van der Waals surface area contributed by atoms with E-state index < -0.39 is 17.6 Å². The van der Waals surface area contributed by atoms with Crippen molar-refractivity contribution in [2.75, 3.05) is 18.1 Å². The van der Waals surface area contributed by atoms with Crippen molar-refractivity contribution in [1.82, 2.24) is 5.32 Å². The first-order chi connectivity index (χ1) is 12.4. The molecule has 0 bridgehead atoms. The highest BCUT2D eigenvalue weighted by molar-refractivity contribution is 6.00. The highest BCUT2D eigenvalue weighted by Gasteiger charge is 2.36. The smallest absolute Gasteiger partial charge is 0.227 e. The number of anilines is 1. The second-order valence-corrected chi connectivity index (χ2v) is 7.12. The molecule has 2 heterocycles. The number of benzene rings is 1. The summed E-state index contributed by atoms with van der Waals surface area (Å²) < 4.78 is 32.5. The molecular formula is C19H24F2N2O3. The molecule has 1 N–H and O–H groups in total. The molecule has 0 spiro atoms. The molecule has 0 saturated carbocycles. The molecule has 26 heavy (non-hydrogen) atoms. The molecule has 142 valence electrons. The van der Waals surface area contributed by atoms with E-state index in [2.05, 4.69) is 5.32 Å². The van der Waals surface area contributed by atoms with Gasteiger partial charge in [0.15, 0.2) is 0 Å². The van der Waals surface area contributed by atoms with E-state index in [1.807, 2.05) is 6.92 Å². The Hall–Kier alpha value is -2.02. The fraction of sp³-hybridized carbons (Fsp3) is 0.579. The van der Waals surface area contributed by atoms with Gasteiger partial charge < -0.3 is 15.0 Å². The van der Waals surface area contributed by atoms with Crippen molar-refractivity contribution >= 4 is 17.5 Å². The quantitative estimate of drug-likeness (QED) is 0.842. The zero-order chi connectivity index (χ0) is 18.7. The molecule has 2 aliphatic heterocycles. The SMILES string of the molecule is CC(CCC1CCCO1)NC(=O)C1CC(=O)N(c2ccc(F)cc2F)C1. The molecule has 1 aromatic rings. The third kappa shape index (κ3) is 4.38. The lowest BCUT2D eigenvalue weighted by molar-refractivity contribution is -0.126. The molecule has 3 unspecified atom stereocenters. The molecule has 0 aromatic heterocycles. The normalized spacial score (nSPS) is 24.1. The highest BCUT2D eigenvalue weighted by atomic mass is 19.1. The van der Waals surface area contributed by atoms with Crippen LogP contribution in [0.4, 0.5) is 14.5 Å². The third-order valence-corrected chi connectivity index (χ3v) is 5.03. The average Bonchev–Trinajstić information content (AvgIpc) is 3.23. The summed E-state index contributed by atoms with van der Waals surface area (Å²) in [5, 5.41) is 2.93. The van der Waals surface area contributed by atoms with Crippen molar-refractivity contribution in [3.63, 3.8) is 0 Å². The Bertz CT molecular complexity index is 677. The van der Waals surface area contributed by atoms with E-state index in [1.54, 1.807) is 0 Å². The molecule has 2 fully saturated rings. The number of carbonyl (C=O) groups is 2. The van der Waals surface area contributed by atoms with Crippen LogP contribution in [0.25, 0.3) is 0 Å². The Kier molecular flexibility index (Phi) is 5.86. The molecule has 5 nitrogen and oxygen atoms in total. The minimum atomic E-state index is -0.802. The first kappa shape index (κ1) is 18.8. The van der Waals surface area contributed by atoms with Crippen LogP contribution in [0, 0.1) is 17.6 Å². The maximum atomic E-state index is 13.9. The van der Waals surface area contributed by atoms with Crippen molar-refractivity contribution in [3.05, 3.63) is 29.8 Å². The summed E-state index contributed by atoms with van der Waals surface area (Å²) in [4.78, 5) is 25.8. The molecule has 2 saturated heterocycles. The summed E-state index contributed by atoms with van der Waals surface area (Å²) in [7, 11) is 0. The van der Waals surface area contributed by atoms with Crippen molar-refractivity contribution in [2.45, 2.75) is 51.2 Å². The molecule has 0 radical (unpaired) electrons. The van der Waals surface area contributed by atoms with Crippen LogP contribution in [-0.4, -0.2) is 37.1 Å². The lowest BCUT2D eigenvalue weighted by atomic mass is 10.0. The number of halogens is 2. The minimum Gasteiger partial charge on any atom is -0.378 e. The van der Waals surface area contributed by atoms with Gasteiger partial charge in [0.05, 0.1) is 17.7 Å². The van der Waals surface area contributed by atoms with Gasteiger partial charge in [0.1, 0.15) is 11.6 Å². The number of carbonyl (C=O) groups excluding carboxylic acids is 2. The van der Waals surface area contributed by atoms with Gasteiger partial charge in [0, 0.05) is 31.7 Å². The van der Waals surface area contributed by atoms with Gasteiger partial charge >= 0.3 is 0 Å². The third-order valence-electron chi connectivity index (χ3n) is 5.03. The topological polar surface area (TPSA) is 58.6 Å². The second-order valence-electron chi connectivity index (χ2n) is 7.12. The summed E-state index contributed by atoms with van der Waals surface area (Å²) in [6, 6.07) is 3.06. The van der Waals surface area contributed by atoms with Gasteiger partial charge in [-0.05, 0) is 44.7 Å². The Labute approximate surface area is 151 Å². The van der Waals surface area contributed by atoms with Gasteiger partial charge in [-0.3, -0.25) is 9.59 Å². The lowest BCUT2D eigenvalue weighted by Crippen LogP contribution is -2.38. The van der Waals surface area contributed by atoms with Crippen LogP contribution < -0.4 is 10.2 Å². The summed E-state index contributed by atoms with van der Waals surface area (Å²) >= 11 is 0. The fourth-order valence-corrected chi connectivity index (χ4v) is 3.56. The van der Waals surface area contributed by atoms with Crippen LogP contribution in [0.5, 0.6) is 0 Å². The van der Waals surface area contributed by atoms with Gasteiger partial charge in [0.25, 0.3) is 0 Å². The average molecular weight is 366 g/mol. The molecule has 3 atom stereocenters. The Morgan fingerprint density at radius 3 is 2.92 bits per heavy atom.